The Kier molecular flexibility index (Phi) is 6.96. The average molecular weight is 539 g/mol. The lowest BCUT2D eigenvalue weighted by atomic mass is 10.1. The molecule has 0 bridgehead atoms. The Bertz CT molecular complexity index is 1590. The van der Waals surface area contributed by atoms with Crippen molar-refractivity contribution < 1.29 is 14.3 Å². The van der Waals surface area contributed by atoms with Crippen molar-refractivity contribution in [1.82, 2.24) is 5.43 Å². The molecule has 0 saturated carbocycles. The van der Waals surface area contributed by atoms with E-state index >= 15 is 0 Å². The van der Waals surface area contributed by atoms with Gasteiger partial charge in [0, 0.05) is 5.56 Å². The number of hydrazone groups is 1. The number of nitrogens with zero attached hydrogens (tertiary/aromatic N) is 1. The summed E-state index contributed by atoms with van der Waals surface area (Å²) in [6, 6.07) is 31.5. The van der Waals surface area contributed by atoms with Crippen LogP contribution in [-0.4, -0.2) is 19.2 Å². The highest BCUT2D eigenvalue weighted by Gasteiger charge is 2.13. The Labute approximate surface area is 217 Å². The highest BCUT2D eigenvalue weighted by molar-refractivity contribution is 9.10. The molecule has 0 aromatic heterocycles. The van der Waals surface area contributed by atoms with Crippen LogP contribution in [-0.2, 0) is 6.61 Å². The predicted molar refractivity (Wildman–Crippen MR) is 148 cm³/mol. The molecule has 0 aliphatic carbocycles. The van der Waals surface area contributed by atoms with Crippen LogP contribution in [0.4, 0.5) is 0 Å². The fourth-order valence-electron chi connectivity index (χ4n) is 4.08. The molecule has 0 aliphatic rings. The largest absolute Gasteiger partial charge is 0.493 e. The summed E-state index contributed by atoms with van der Waals surface area (Å²) in [6.45, 7) is 0.394. The van der Waals surface area contributed by atoms with Crippen LogP contribution in [0.3, 0.4) is 0 Å². The zero-order valence-corrected chi connectivity index (χ0v) is 21.2. The molecule has 5 nitrogen and oxygen atoms in total. The third kappa shape index (κ3) is 5.09. The molecule has 5 aromatic rings. The molecule has 0 saturated heterocycles. The summed E-state index contributed by atoms with van der Waals surface area (Å²) in [4.78, 5) is 12.6. The summed E-state index contributed by atoms with van der Waals surface area (Å²) in [5.74, 6) is 0.882. The summed E-state index contributed by atoms with van der Waals surface area (Å²) in [6.07, 6.45) is 1.57. The molecule has 5 aromatic carbocycles. The molecule has 0 fully saturated rings. The second kappa shape index (κ2) is 10.6. The van der Waals surface area contributed by atoms with Gasteiger partial charge in [-0.05, 0) is 72.9 Å². The van der Waals surface area contributed by atoms with Crippen LogP contribution < -0.4 is 14.9 Å². The van der Waals surface area contributed by atoms with Crippen LogP contribution in [0.2, 0.25) is 0 Å². The maximum atomic E-state index is 12.6. The third-order valence-corrected chi connectivity index (χ3v) is 6.48. The standard InChI is InChI=1S/C30H23BrN2O3/c1-35-28-16-20(18-32-33-30(34)24-14-13-21-7-2-3-9-23(21)17-24)15-27(31)29(28)36-19-25-11-6-10-22-8-4-5-12-26(22)25/h2-18H,19H2,1H3,(H,33,34)/b32-18+. The van der Waals surface area contributed by atoms with Gasteiger partial charge in [0.25, 0.3) is 5.91 Å². The molecule has 5 rings (SSSR count). The van der Waals surface area contributed by atoms with Crippen molar-refractivity contribution in [2.75, 3.05) is 7.11 Å². The van der Waals surface area contributed by atoms with Gasteiger partial charge in [-0.15, -0.1) is 0 Å². The first-order valence-electron chi connectivity index (χ1n) is 11.4. The van der Waals surface area contributed by atoms with Crippen LogP contribution in [0.1, 0.15) is 21.5 Å². The SMILES string of the molecule is COc1cc(/C=N/NC(=O)c2ccc3ccccc3c2)cc(Br)c1OCc1cccc2ccccc12. The number of fused-ring (bicyclic) bond motifs is 2. The van der Waals surface area contributed by atoms with Crippen molar-refractivity contribution in [1.29, 1.82) is 0 Å². The number of methoxy groups -OCH3 is 1. The zero-order chi connectivity index (χ0) is 24.9. The lowest BCUT2D eigenvalue weighted by Gasteiger charge is -2.14. The molecule has 0 atom stereocenters. The van der Waals surface area contributed by atoms with Crippen LogP contribution in [0.15, 0.2) is 107 Å². The van der Waals surface area contributed by atoms with E-state index in [1.807, 2.05) is 66.7 Å². The Morgan fingerprint density at radius 1 is 0.889 bits per heavy atom. The lowest BCUT2D eigenvalue weighted by Crippen LogP contribution is -2.17. The van der Waals surface area contributed by atoms with Crippen LogP contribution in [0.25, 0.3) is 21.5 Å². The summed E-state index contributed by atoms with van der Waals surface area (Å²) >= 11 is 3.59. The molecule has 0 spiro atoms. The maximum absolute atomic E-state index is 12.6. The Balaban J connectivity index is 1.29. The van der Waals surface area contributed by atoms with E-state index in [0.29, 0.717) is 23.7 Å². The van der Waals surface area contributed by atoms with E-state index in [2.05, 4.69) is 50.7 Å². The van der Waals surface area contributed by atoms with E-state index in [1.165, 1.54) is 5.39 Å². The van der Waals surface area contributed by atoms with E-state index in [1.54, 1.807) is 19.4 Å². The van der Waals surface area contributed by atoms with E-state index in [9.17, 15) is 4.79 Å². The van der Waals surface area contributed by atoms with Crippen LogP contribution in [0.5, 0.6) is 11.5 Å². The molecule has 0 unspecified atom stereocenters. The number of hydrogen-bond donors (Lipinski definition) is 1. The van der Waals surface area contributed by atoms with Gasteiger partial charge in [0.05, 0.1) is 17.8 Å². The molecule has 0 radical (unpaired) electrons. The van der Waals surface area contributed by atoms with E-state index in [0.717, 1.165) is 31.8 Å². The quantitative estimate of drug-likeness (QED) is 0.177. The van der Waals surface area contributed by atoms with E-state index in [4.69, 9.17) is 9.47 Å². The topological polar surface area (TPSA) is 59.9 Å². The second-order valence-electron chi connectivity index (χ2n) is 8.22. The molecular formula is C30H23BrN2O3. The average Bonchev–Trinajstić information content (AvgIpc) is 2.91. The van der Waals surface area contributed by atoms with Gasteiger partial charge in [-0.3, -0.25) is 4.79 Å². The minimum absolute atomic E-state index is 0.280. The van der Waals surface area contributed by atoms with Gasteiger partial charge in [0.2, 0.25) is 0 Å². The summed E-state index contributed by atoms with van der Waals surface area (Å²) in [5, 5.41) is 8.53. The number of carbonyl (C=O) groups is 1. The minimum atomic E-state index is -0.280. The lowest BCUT2D eigenvalue weighted by molar-refractivity contribution is 0.0955. The van der Waals surface area contributed by atoms with Crippen molar-refractivity contribution in [2.24, 2.45) is 5.10 Å². The molecule has 0 aliphatic heterocycles. The number of rotatable bonds is 7. The van der Waals surface area contributed by atoms with Gasteiger partial charge in [0.15, 0.2) is 11.5 Å². The number of nitrogens with one attached hydrogen (secondary N) is 1. The van der Waals surface area contributed by atoms with Crippen LogP contribution in [0, 0.1) is 0 Å². The Hall–Kier alpha value is -4.16. The third-order valence-electron chi connectivity index (χ3n) is 5.90. The monoisotopic (exact) mass is 538 g/mol. The number of benzene rings is 5. The second-order valence-corrected chi connectivity index (χ2v) is 9.08. The molecule has 36 heavy (non-hydrogen) atoms. The Morgan fingerprint density at radius 3 is 2.47 bits per heavy atom. The Morgan fingerprint density at radius 2 is 1.64 bits per heavy atom. The van der Waals surface area contributed by atoms with Crippen LogP contribution >= 0.6 is 15.9 Å². The van der Waals surface area contributed by atoms with Gasteiger partial charge in [-0.1, -0.05) is 72.8 Å². The van der Waals surface area contributed by atoms with Gasteiger partial charge in [0.1, 0.15) is 6.61 Å². The maximum Gasteiger partial charge on any atom is 0.271 e. The first-order chi connectivity index (χ1) is 17.6. The van der Waals surface area contributed by atoms with Gasteiger partial charge in [-0.2, -0.15) is 5.10 Å². The highest BCUT2D eigenvalue weighted by Crippen LogP contribution is 2.37. The molecule has 1 N–H and O–H groups in total. The van der Waals surface area contributed by atoms with E-state index < -0.39 is 0 Å². The molecule has 178 valence electrons. The van der Waals surface area contributed by atoms with Gasteiger partial charge < -0.3 is 9.47 Å². The number of halogens is 1. The van der Waals surface area contributed by atoms with Crippen molar-refractivity contribution in [2.45, 2.75) is 6.61 Å². The smallest absolute Gasteiger partial charge is 0.271 e. The molecule has 0 heterocycles. The predicted octanol–water partition coefficient (Wildman–Crippen LogP) is 7.11. The number of amides is 1. The first kappa shape index (κ1) is 23.6. The highest BCUT2D eigenvalue weighted by atomic mass is 79.9. The summed E-state index contributed by atoms with van der Waals surface area (Å²) in [7, 11) is 1.59. The zero-order valence-electron chi connectivity index (χ0n) is 19.6. The van der Waals surface area contributed by atoms with Gasteiger partial charge in [-0.25, -0.2) is 5.43 Å². The summed E-state index contributed by atoms with van der Waals surface area (Å²) < 4.78 is 12.5. The van der Waals surface area contributed by atoms with Gasteiger partial charge >= 0.3 is 0 Å². The van der Waals surface area contributed by atoms with Crippen molar-refractivity contribution >= 4 is 49.6 Å². The molecule has 6 heteroatoms. The number of ether oxygens (including phenoxy) is 2. The summed E-state index contributed by atoms with van der Waals surface area (Å²) in [5.41, 5.74) is 4.97. The number of carbonyl (C=O) groups excluding carboxylic acids is 1. The van der Waals surface area contributed by atoms with Crippen molar-refractivity contribution in [3.8, 4) is 11.5 Å². The first-order valence-corrected chi connectivity index (χ1v) is 12.2. The van der Waals surface area contributed by atoms with Crippen molar-refractivity contribution in [3.05, 3.63) is 118 Å². The molecular weight excluding hydrogens is 516 g/mol. The normalized spacial score (nSPS) is 11.2. The van der Waals surface area contributed by atoms with Crippen molar-refractivity contribution in [3.63, 3.8) is 0 Å². The minimum Gasteiger partial charge on any atom is -0.493 e. The molecule has 1 amide bonds. The fourth-order valence-corrected chi connectivity index (χ4v) is 4.66. The fraction of sp³-hybridized carbons (Fsp3) is 0.0667. The van der Waals surface area contributed by atoms with E-state index in [-0.39, 0.29) is 5.91 Å². The number of hydrogen-bond acceptors (Lipinski definition) is 4.